The van der Waals surface area contributed by atoms with E-state index >= 15 is 0 Å². The van der Waals surface area contributed by atoms with Crippen LogP contribution in [0.4, 0.5) is 0 Å². The summed E-state index contributed by atoms with van der Waals surface area (Å²) < 4.78 is 1.16. The zero-order valence-corrected chi connectivity index (χ0v) is 11.7. The lowest BCUT2D eigenvalue weighted by Gasteiger charge is -2.30. The summed E-state index contributed by atoms with van der Waals surface area (Å²) in [6, 6.07) is 4.58. The third-order valence-electron chi connectivity index (χ3n) is 2.87. The minimum absolute atomic E-state index is 0.397. The molecule has 2 aromatic rings. The number of hydrogen-bond donors (Lipinski definition) is 1. The van der Waals surface area contributed by atoms with Gasteiger partial charge in [-0.05, 0) is 40.9 Å². The molecule has 0 amide bonds. The lowest BCUT2D eigenvalue weighted by molar-refractivity contribution is 0.351. The van der Waals surface area contributed by atoms with Crippen LogP contribution in [0.3, 0.4) is 0 Å². The minimum atomic E-state index is 0.397. The second-order valence-electron chi connectivity index (χ2n) is 4.10. The number of halogens is 1. The van der Waals surface area contributed by atoms with Crippen molar-refractivity contribution in [3.8, 4) is 10.6 Å². The highest BCUT2D eigenvalue weighted by molar-refractivity contribution is 9.11. The van der Waals surface area contributed by atoms with E-state index in [1.807, 2.05) is 0 Å². The molecule has 1 saturated carbocycles. The van der Waals surface area contributed by atoms with Crippen molar-refractivity contribution in [3.63, 3.8) is 0 Å². The van der Waals surface area contributed by atoms with Gasteiger partial charge in [-0.1, -0.05) is 0 Å². The Morgan fingerprint density at radius 3 is 2.81 bits per heavy atom. The number of nitrogens with two attached hydrogens (primary N) is 1. The summed E-state index contributed by atoms with van der Waals surface area (Å²) >= 11 is 6.97. The maximum Gasteiger partial charge on any atom is 0.0965 e. The second-order valence-corrected chi connectivity index (χ2v) is 7.46. The van der Waals surface area contributed by atoms with Gasteiger partial charge in [-0.3, -0.25) is 0 Å². The molecule has 0 bridgehead atoms. The standard InChI is InChI=1S/C11H11BrN2S2/c12-10-2-1-9(16-10)8-5-15-11(14-8)6-3-7(13)4-6/h1-2,5-7H,3-4,13H2. The molecule has 0 aromatic carbocycles. The summed E-state index contributed by atoms with van der Waals surface area (Å²) in [6.07, 6.45) is 2.20. The Balaban J connectivity index is 1.82. The molecule has 0 radical (unpaired) electrons. The molecule has 0 atom stereocenters. The fourth-order valence-electron chi connectivity index (χ4n) is 1.90. The quantitative estimate of drug-likeness (QED) is 0.914. The fourth-order valence-corrected chi connectivity index (χ4v) is 4.27. The second kappa shape index (κ2) is 4.22. The number of rotatable bonds is 2. The van der Waals surface area contributed by atoms with E-state index in [2.05, 4.69) is 33.4 Å². The van der Waals surface area contributed by atoms with E-state index in [0.29, 0.717) is 12.0 Å². The summed E-state index contributed by atoms with van der Waals surface area (Å²) in [6.45, 7) is 0. The van der Waals surface area contributed by atoms with Crippen LogP contribution in [0.1, 0.15) is 23.8 Å². The van der Waals surface area contributed by atoms with Crippen LogP contribution in [-0.4, -0.2) is 11.0 Å². The van der Waals surface area contributed by atoms with Gasteiger partial charge in [0.05, 0.1) is 19.4 Å². The Morgan fingerprint density at radius 1 is 1.38 bits per heavy atom. The molecule has 0 aliphatic heterocycles. The third-order valence-corrected chi connectivity index (χ3v) is 5.52. The zero-order chi connectivity index (χ0) is 11.1. The number of thiazole rings is 1. The number of aromatic nitrogens is 1. The first-order valence-electron chi connectivity index (χ1n) is 5.19. The topological polar surface area (TPSA) is 38.9 Å². The molecule has 3 rings (SSSR count). The SMILES string of the molecule is NC1CC(c2nc(-c3ccc(Br)s3)cs2)C1. The summed E-state index contributed by atoms with van der Waals surface area (Å²) in [5.74, 6) is 0.608. The summed E-state index contributed by atoms with van der Waals surface area (Å²) in [5.41, 5.74) is 6.91. The van der Waals surface area contributed by atoms with Gasteiger partial charge in [0.15, 0.2) is 0 Å². The molecule has 2 nitrogen and oxygen atoms in total. The lowest BCUT2D eigenvalue weighted by atomic mass is 9.81. The molecule has 2 N–H and O–H groups in total. The molecule has 16 heavy (non-hydrogen) atoms. The van der Waals surface area contributed by atoms with Gasteiger partial charge in [0.2, 0.25) is 0 Å². The smallest absolute Gasteiger partial charge is 0.0965 e. The van der Waals surface area contributed by atoms with Crippen molar-refractivity contribution in [2.75, 3.05) is 0 Å². The molecule has 0 unspecified atom stereocenters. The Labute approximate surface area is 111 Å². The van der Waals surface area contributed by atoms with Gasteiger partial charge in [-0.25, -0.2) is 4.98 Å². The van der Waals surface area contributed by atoms with Crippen molar-refractivity contribution >= 4 is 38.6 Å². The highest BCUT2D eigenvalue weighted by atomic mass is 79.9. The molecule has 0 saturated heterocycles. The van der Waals surface area contributed by atoms with Gasteiger partial charge in [0.1, 0.15) is 0 Å². The van der Waals surface area contributed by atoms with E-state index in [1.54, 1.807) is 22.7 Å². The Hall–Kier alpha value is -0.230. The van der Waals surface area contributed by atoms with E-state index in [4.69, 9.17) is 10.7 Å². The van der Waals surface area contributed by atoms with Crippen molar-refractivity contribution < 1.29 is 0 Å². The van der Waals surface area contributed by atoms with Gasteiger partial charge < -0.3 is 5.73 Å². The maximum atomic E-state index is 5.80. The largest absolute Gasteiger partial charge is 0.328 e. The molecular formula is C11H11BrN2S2. The van der Waals surface area contributed by atoms with Crippen molar-refractivity contribution in [2.24, 2.45) is 5.73 Å². The predicted molar refractivity (Wildman–Crippen MR) is 73.1 cm³/mol. The monoisotopic (exact) mass is 314 g/mol. The van der Waals surface area contributed by atoms with Gasteiger partial charge in [-0.2, -0.15) is 0 Å². The molecule has 1 fully saturated rings. The predicted octanol–water partition coefficient (Wildman–Crippen LogP) is 3.84. The zero-order valence-electron chi connectivity index (χ0n) is 8.52. The summed E-state index contributed by atoms with van der Waals surface area (Å²) in [4.78, 5) is 5.94. The van der Waals surface area contributed by atoms with Crippen LogP contribution in [-0.2, 0) is 0 Å². The van der Waals surface area contributed by atoms with Crippen LogP contribution in [0, 0.1) is 0 Å². The van der Waals surface area contributed by atoms with Crippen LogP contribution < -0.4 is 5.73 Å². The summed E-state index contributed by atoms with van der Waals surface area (Å²) in [7, 11) is 0. The van der Waals surface area contributed by atoms with Crippen LogP contribution in [0.25, 0.3) is 10.6 Å². The number of nitrogens with zero attached hydrogens (tertiary/aromatic N) is 1. The Bertz CT molecular complexity index is 500. The van der Waals surface area contributed by atoms with Gasteiger partial charge in [0, 0.05) is 17.3 Å². The molecule has 0 spiro atoms. The van der Waals surface area contributed by atoms with E-state index in [-0.39, 0.29) is 0 Å². The summed E-state index contributed by atoms with van der Waals surface area (Å²) in [5, 5.41) is 3.40. The average Bonchev–Trinajstić information content (AvgIpc) is 2.81. The van der Waals surface area contributed by atoms with Crippen LogP contribution in [0.2, 0.25) is 0 Å². The minimum Gasteiger partial charge on any atom is -0.328 e. The Morgan fingerprint density at radius 2 is 2.19 bits per heavy atom. The van der Waals surface area contributed by atoms with Crippen LogP contribution in [0.5, 0.6) is 0 Å². The van der Waals surface area contributed by atoms with Crippen LogP contribution in [0.15, 0.2) is 21.3 Å². The van der Waals surface area contributed by atoms with Crippen molar-refractivity contribution in [3.05, 3.63) is 26.3 Å². The van der Waals surface area contributed by atoms with Gasteiger partial charge in [-0.15, -0.1) is 22.7 Å². The molecule has 84 valence electrons. The highest BCUT2D eigenvalue weighted by Crippen LogP contribution is 2.39. The van der Waals surface area contributed by atoms with E-state index in [1.165, 1.54) is 9.88 Å². The van der Waals surface area contributed by atoms with Crippen molar-refractivity contribution in [1.82, 2.24) is 4.98 Å². The molecular weight excluding hydrogens is 304 g/mol. The third kappa shape index (κ3) is 1.97. The first-order valence-corrected chi connectivity index (χ1v) is 7.68. The molecule has 2 heterocycles. The average molecular weight is 315 g/mol. The highest BCUT2D eigenvalue weighted by Gasteiger charge is 2.29. The maximum absolute atomic E-state index is 5.80. The first kappa shape index (κ1) is 10.9. The van der Waals surface area contributed by atoms with Crippen LogP contribution >= 0.6 is 38.6 Å². The lowest BCUT2D eigenvalue weighted by Crippen LogP contribution is -2.34. The molecule has 2 aromatic heterocycles. The number of hydrogen-bond acceptors (Lipinski definition) is 4. The van der Waals surface area contributed by atoms with Crippen molar-refractivity contribution in [1.29, 1.82) is 0 Å². The molecule has 1 aliphatic rings. The van der Waals surface area contributed by atoms with E-state index in [0.717, 1.165) is 22.3 Å². The normalized spacial score (nSPS) is 24.4. The number of thiophene rings is 1. The molecule has 5 heteroatoms. The Kier molecular flexibility index (Phi) is 2.87. The van der Waals surface area contributed by atoms with E-state index in [9.17, 15) is 0 Å². The first-order chi connectivity index (χ1) is 7.72. The molecule has 1 aliphatic carbocycles. The van der Waals surface area contributed by atoms with Gasteiger partial charge in [0.25, 0.3) is 0 Å². The van der Waals surface area contributed by atoms with Crippen molar-refractivity contribution in [2.45, 2.75) is 24.8 Å². The van der Waals surface area contributed by atoms with E-state index < -0.39 is 0 Å². The fraction of sp³-hybridized carbons (Fsp3) is 0.364. The van der Waals surface area contributed by atoms with Gasteiger partial charge >= 0.3 is 0 Å².